The molecular weight excluding hydrogens is 248 g/mol. The molecule has 0 aromatic heterocycles. The first-order valence-corrected chi connectivity index (χ1v) is 8.62. The van der Waals surface area contributed by atoms with E-state index in [2.05, 4.69) is 19.2 Å². The van der Waals surface area contributed by atoms with Crippen LogP contribution in [0.15, 0.2) is 0 Å². The number of amides is 1. The van der Waals surface area contributed by atoms with Crippen molar-refractivity contribution in [3.63, 3.8) is 0 Å². The first-order valence-electron chi connectivity index (χ1n) is 8.62. The quantitative estimate of drug-likeness (QED) is 0.830. The van der Waals surface area contributed by atoms with E-state index in [1.54, 1.807) is 0 Å². The van der Waals surface area contributed by atoms with Crippen LogP contribution in [-0.4, -0.2) is 18.5 Å². The second-order valence-corrected chi connectivity index (χ2v) is 7.20. The lowest BCUT2D eigenvalue weighted by Crippen LogP contribution is -2.52. The molecular formula is C17H32N2O. The number of nitrogens with two attached hydrogens (primary N) is 1. The van der Waals surface area contributed by atoms with Crippen molar-refractivity contribution in [1.82, 2.24) is 5.32 Å². The zero-order valence-electron chi connectivity index (χ0n) is 13.3. The highest BCUT2D eigenvalue weighted by Gasteiger charge is 2.41. The van der Waals surface area contributed by atoms with Crippen molar-refractivity contribution in [1.29, 1.82) is 0 Å². The second kappa shape index (κ2) is 6.93. The van der Waals surface area contributed by atoms with Gasteiger partial charge in [-0.05, 0) is 50.4 Å². The van der Waals surface area contributed by atoms with Gasteiger partial charge in [0.25, 0.3) is 0 Å². The van der Waals surface area contributed by atoms with Crippen LogP contribution in [0.5, 0.6) is 0 Å². The molecule has 1 amide bonds. The molecule has 0 saturated heterocycles. The third-order valence-corrected chi connectivity index (χ3v) is 5.85. The molecule has 2 aliphatic rings. The Labute approximate surface area is 124 Å². The molecule has 0 radical (unpaired) electrons. The van der Waals surface area contributed by atoms with E-state index in [-0.39, 0.29) is 11.3 Å². The number of carbonyl (C=O) groups is 1. The molecule has 2 saturated carbocycles. The standard InChI is InChI=1S/C17H32N2O/c1-3-14-6-4-5-7-15(14)19-16(20)17(12-18)10-8-13(2)9-11-17/h13-15H,3-12,18H2,1-2H3,(H,19,20). The van der Waals surface area contributed by atoms with Crippen molar-refractivity contribution in [3.05, 3.63) is 0 Å². The van der Waals surface area contributed by atoms with E-state index in [9.17, 15) is 4.79 Å². The van der Waals surface area contributed by atoms with E-state index in [4.69, 9.17) is 5.73 Å². The number of rotatable bonds is 4. The van der Waals surface area contributed by atoms with Gasteiger partial charge in [0.1, 0.15) is 0 Å². The maximum absolute atomic E-state index is 12.8. The SMILES string of the molecule is CCC1CCCCC1NC(=O)C1(CN)CCC(C)CC1. The molecule has 0 spiro atoms. The van der Waals surface area contributed by atoms with Gasteiger partial charge in [-0.1, -0.05) is 33.1 Å². The van der Waals surface area contributed by atoms with Crippen LogP contribution >= 0.6 is 0 Å². The van der Waals surface area contributed by atoms with Crippen molar-refractivity contribution >= 4 is 5.91 Å². The Balaban J connectivity index is 1.98. The molecule has 116 valence electrons. The summed E-state index contributed by atoms with van der Waals surface area (Å²) in [5.41, 5.74) is 5.72. The van der Waals surface area contributed by atoms with Crippen molar-refractivity contribution in [2.45, 2.75) is 77.7 Å². The van der Waals surface area contributed by atoms with Crippen molar-refractivity contribution in [2.24, 2.45) is 23.0 Å². The molecule has 0 heterocycles. The zero-order valence-corrected chi connectivity index (χ0v) is 13.3. The maximum atomic E-state index is 12.8. The Morgan fingerprint density at radius 3 is 2.45 bits per heavy atom. The van der Waals surface area contributed by atoms with E-state index in [1.165, 1.54) is 25.7 Å². The summed E-state index contributed by atoms with van der Waals surface area (Å²) in [5.74, 6) is 1.67. The maximum Gasteiger partial charge on any atom is 0.227 e. The average Bonchev–Trinajstić information content (AvgIpc) is 2.49. The summed E-state index contributed by atoms with van der Waals surface area (Å²) in [6, 6.07) is 0.393. The molecule has 0 aliphatic heterocycles. The predicted molar refractivity (Wildman–Crippen MR) is 83.3 cm³/mol. The van der Waals surface area contributed by atoms with Crippen LogP contribution in [0.25, 0.3) is 0 Å². The van der Waals surface area contributed by atoms with Crippen molar-refractivity contribution in [2.75, 3.05) is 6.54 Å². The molecule has 2 rings (SSSR count). The van der Waals surface area contributed by atoms with Gasteiger partial charge in [0, 0.05) is 12.6 Å². The minimum Gasteiger partial charge on any atom is -0.353 e. The molecule has 3 heteroatoms. The van der Waals surface area contributed by atoms with Gasteiger partial charge in [-0.2, -0.15) is 0 Å². The van der Waals surface area contributed by atoms with Crippen LogP contribution in [0.2, 0.25) is 0 Å². The van der Waals surface area contributed by atoms with E-state index < -0.39 is 0 Å². The van der Waals surface area contributed by atoms with E-state index >= 15 is 0 Å². The summed E-state index contributed by atoms with van der Waals surface area (Å²) in [4.78, 5) is 12.8. The van der Waals surface area contributed by atoms with Gasteiger partial charge in [-0.3, -0.25) is 4.79 Å². The van der Waals surface area contributed by atoms with Crippen LogP contribution in [-0.2, 0) is 4.79 Å². The summed E-state index contributed by atoms with van der Waals surface area (Å²) in [5, 5.41) is 3.38. The zero-order chi connectivity index (χ0) is 14.6. The molecule has 0 aromatic carbocycles. The Hall–Kier alpha value is -0.570. The van der Waals surface area contributed by atoms with Crippen LogP contribution in [0.3, 0.4) is 0 Å². The smallest absolute Gasteiger partial charge is 0.227 e. The van der Waals surface area contributed by atoms with Crippen LogP contribution in [0.1, 0.15) is 71.6 Å². The first-order chi connectivity index (χ1) is 9.61. The van der Waals surface area contributed by atoms with E-state index in [0.29, 0.717) is 18.5 Å². The van der Waals surface area contributed by atoms with Gasteiger partial charge < -0.3 is 11.1 Å². The fraction of sp³-hybridized carbons (Fsp3) is 0.941. The van der Waals surface area contributed by atoms with Crippen LogP contribution in [0.4, 0.5) is 0 Å². The lowest BCUT2D eigenvalue weighted by atomic mass is 9.70. The molecule has 2 fully saturated rings. The molecule has 0 bridgehead atoms. The Kier molecular flexibility index (Phi) is 5.48. The van der Waals surface area contributed by atoms with Gasteiger partial charge in [0.2, 0.25) is 5.91 Å². The van der Waals surface area contributed by atoms with E-state index in [1.807, 2.05) is 0 Å². The average molecular weight is 280 g/mol. The second-order valence-electron chi connectivity index (χ2n) is 7.20. The highest BCUT2D eigenvalue weighted by atomic mass is 16.2. The van der Waals surface area contributed by atoms with Crippen LogP contribution < -0.4 is 11.1 Å². The predicted octanol–water partition coefficient (Wildman–Crippen LogP) is 3.23. The number of hydrogen-bond acceptors (Lipinski definition) is 2. The highest BCUT2D eigenvalue weighted by Crippen LogP contribution is 2.39. The molecule has 3 N–H and O–H groups in total. The summed E-state index contributed by atoms with van der Waals surface area (Å²) < 4.78 is 0. The minimum absolute atomic E-state index is 0.247. The number of carbonyl (C=O) groups excluding carboxylic acids is 1. The van der Waals surface area contributed by atoms with Gasteiger partial charge in [0.05, 0.1) is 5.41 Å². The van der Waals surface area contributed by atoms with Crippen molar-refractivity contribution in [3.8, 4) is 0 Å². The monoisotopic (exact) mass is 280 g/mol. The summed E-state index contributed by atoms with van der Waals surface area (Å²) in [7, 11) is 0. The fourth-order valence-electron chi connectivity index (χ4n) is 4.05. The third kappa shape index (κ3) is 3.36. The molecule has 0 aromatic rings. The largest absolute Gasteiger partial charge is 0.353 e. The van der Waals surface area contributed by atoms with Gasteiger partial charge in [-0.15, -0.1) is 0 Å². The number of hydrogen-bond donors (Lipinski definition) is 2. The third-order valence-electron chi connectivity index (χ3n) is 5.85. The van der Waals surface area contributed by atoms with Crippen molar-refractivity contribution < 1.29 is 4.79 Å². The fourth-order valence-corrected chi connectivity index (χ4v) is 4.05. The Morgan fingerprint density at radius 1 is 1.20 bits per heavy atom. The lowest BCUT2D eigenvalue weighted by Gasteiger charge is -2.40. The summed E-state index contributed by atoms with van der Waals surface area (Å²) in [6.07, 6.45) is 10.4. The van der Waals surface area contributed by atoms with E-state index in [0.717, 1.165) is 38.0 Å². The number of nitrogens with one attached hydrogen (secondary N) is 1. The molecule has 3 nitrogen and oxygen atoms in total. The minimum atomic E-state index is -0.276. The van der Waals surface area contributed by atoms with Gasteiger partial charge >= 0.3 is 0 Å². The molecule has 2 atom stereocenters. The summed E-state index contributed by atoms with van der Waals surface area (Å²) in [6.45, 7) is 5.04. The summed E-state index contributed by atoms with van der Waals surface area (Å²) >= 11 is 0. The normalized spacial score (nSPS) is 38.5. The lowest BCUT2D eigenvalue weighted by molar-refractivity contribution is -0.134. The van der Waals surface area contributed by atoms with Crippen LogP contribution in [0, 0.1) is 17.3 Å². The van der Waals surface area contributed by atoms with Gasteiger partial charge in [0.15, 0.2) is 0 Å². The Bertz CT molecular complexity index is 321. The topological polar surface area (TPSA) is 55.1 Å². The highest BCUT2D eigenvalue weighted by molar-refractivity contribution is 5.83. The van der Waals surface area contributed by atoms with Gasteiger partial charge in [-0.25, -0.2) is 0 Å². The molecule has 2 unspecified atom stereocenters. The first kappa shape index (κ1) is 15.8. The molecule has 20 heavy (non-hydrogen) atoms. The Morgan fingerprint density at radius 2 is 1.85 bits per heavy atom. The molecule has 2 aliphatic carbocycles.